The lowest BCUT2D eigenvalue weighted by Crippen LogP contribution is -2.35. The normalized spacial score (nSPS) is 12.4. The Hall–Kier alpha value is -2.15. The highest BCUT2D eigenvalue weighted by molar-refractivity contribution is 5.43. The van der Waals surface area contributed by atoms with E-state index in [-0.39, 0.29) is 6.61 Å². The molecule has 0 spiro atoms. The molecule has 0 bridgehead atoms. The van der Waals surface area contributed by atoms with E-state index in [1.54, 1.807) is 7.11 Å². The van der Waals surface area contributed by atoms with E-state index < -0.39 is 6.10 Å². The molecule has 1 N–H and O–H groups in total. The van der Waals surface area contributed by atoms with Crippen LogP contribution in [0, 0.1) is 6.92 Å². The zero-order chi connectivity index (χ0) is 21.2. The number of nitrogens with zero attached hydrogens (tertiary/aromatic N) is 3. The SMILES string of the molecule is CCN(CC)C[C@@H](O)COc1ccc(CN(C)Cc2ncccc2C)cc1OC. The standard InChI is InChI=1S/C23H35N3O3/c1-6-26(7-2)15-20(27)17-29-22-11-10-19(13-23(22)28-5)14-25(4)16-21-18(3)9-8-12-24-21/h8-13,20,27H,6-7,14-17H2,1-5H3/t20-/m1/s1. The molecule has 160 valence electrons. The molecule has 0 saturated carbocycles. The van der Waals surface area contributed by atoms with Crippen molar-refractivity contribution in [3.05, 3.63) is 53.3 Å². The summed E-state index contributed by atoms with van der Waals surface area (Å²) in [6, 6.07) is 9.99. The molecule has 0 fully saturated rings. The van der Waals surface area contributed by atoms with Gasteiger partial charge >= 0.3 is 0 Å². The van der Waals surface area contributed by atoms with Gasteiger partial charge in [-0.3, -0.25) is 9.88 Å². The van der Waals surface area contributed by atoms with Crippen molar-refractivity contribution in [3.63, 3.8) is 0 Å². The maximum Gasteiger partial charge on any atom is 0.161 e. The zero-order valence-corrected chi connectivity index (χ0v) is 18.4. The summed E-state index contributed by atoms with van der Waals surface area (Å²) in [6.45, 7) is 10.5. The van der Waals surface area contributed by atoms with Crippen LogP contribution in [-0.4, -0.2) is 66.4 Å². The molecule has 1 aromatic heterocycles. The largest absolute Gasteiger partial charge is 0.493 e. The Labute approximate surface area is 175 Å². The van der Waals surface area contributed by atoms with E-state index in [0.717, 1.165) is 37.4 Å². The van der Waals surface area contributed by atoms with Gasteiger partial charge in [0, 0.05) is 25.8 Å². The van der Waals surface area contributed by atoms with Crippen molar-refractivity contribution < 1.29 is 14.6 Å². The second-order valence-corrected chi connectivity index (χ2v) is 7.38. The first-order valence-electron chi connectivity index (χ1n) is 10.3. The van der Waals surface area contributed by atoms with Crippen molar-refractivity contribution >= 4 is 0 Å². The van der Waals surface area contributed by atoms with Gasteiger partial charge in [0.1, 0.15) is 12.7 Å². The van der Waals surface area contributed by atoms with Crippen molar-refractivity contribution in [3.8, 4) is 11.5 Å². The number of aliphatic hydroxyl groups is 1. The van der Waals surface area contributed by atoms with Crippen LogP contribution in [0.4, 0.5) is 0 Å². The summed E-state index contributed by atoms with van der Waals surface area (Å²) < 4.78 is 11.3. The van der Waals surface area contributed by atoms with Gasteiger partial charge in [-0.25, -0.2) is 0 Å². The smallest absolute Gasteiger partial charge is 0.161 e. The summed E-state index contributed by atoms with van der Waals surface area (Å²) in [5, 5.41) is 10.2. The molecule has 1 atom stereocenters. The second-order valence-electron chi connectivity index (χ2n) is 7.38. The summed E-state index contributed by atoms with van der Waals surface area (Å²) in [7, 11) is 3.72. The van der Waals surface area contributed by atoms with E-state index in [9.17, 15) is 5.11 Å². The van der Waals surface area contributed by atoms with Gasteiger partial charge in [-0.15, -0.1) is 0 Å². The summed E-state index contributed by atoms with van der Waals surface area (Å²) >= 11 is 0. The minimum Gasteiger partial charge on any atom is -0.493 e. The molecule has 6 heteroatoms. The summed E-state index contributed by atoms with van der Waals surface area (Å²) in [4.78, 5) is 8.86. The Morgan fingerprint density at radius 1 is 1.10 bits per heavy atom. The molecule has 29 heavy (non-hydrogen) atoms. The van der Waals surface area contributed by atoms with E-state index >= 15 is 0 Å². The average Bonchev–Trinajstić information content (AvgIpc) is 2.72. The predicted molar refractivity (Wildman–Crippen MR) is 116 cm³/mol. The van der Waals surface area contributed by atoms with Crippen LogP contribution >= 0.6 is 0 Å². The fourth-order valence-electron chi connectivity index (χ4n) is 3.26. The molecular formula is C23H35N3O3. The third-order valence-corrected chi connectivity index (χ3v) is 5.01. The van der Waals surface area contributed by atoms with Gasteiger partial charge in [-0.1, -0.05) is 26.0 Å². The molecule has 0 radical (unpaired) electrons. The van der Waals surface area contributed by atoms with Gasteiger partial charge in [0.25, 0.3) is 0 Å². The first-order valence-corrected chi connectivity index (χ1v) is 10.3. The van der Waals surface area contributed by atoms with Crippen LogP contribution in [0.1, 0.15) is 30.7 Å². The minimum absolute atomic E-state index is 0.241. The van der Waals surface area contributed by atoms with Crippen LogP contribution in [0.5, 0.6) is 11.5 Å². The van der Waals surface area contributed by atoms with Crippen molar-refractivity contribution in [2.75, 3.05) is 40.4 Å². The third kappa shape index (κ3) is 7.31. The Balaban J connectivity index is 1.94. The Morgan fingerprint density at radius 3 is 2.52 bits per heavy atom. The molecule has 0 aliphatic carbocycles. The molecular weight excluding hydrogens is 366 g/mol. The number of aromatic nitrogens is 1. The van der Waals surface area contributed by atoms with Crippen molar-refractivity contribution in [1.82, 2.24) is 14.8 Å². The number of hydrogen-bond donors (Lipinski definition) is 1. The topological polar surface area (TPSA) is 58.1 Å². The quantitative estimate of drug-likeness (QED) is 0.590. The van der Waals surface area contributed by atoms with Gasteiger partial charge in [0.15, 0.2) is 11.5 Å². The fourth-order valence-corrected chi connectivity index (χ4v) is 3.26. The van der Waals surface area contributed by atoms with Crippen molar-refractivity contribution in [1.29, 1.82) is 0 Å². The molecule has 6 nitrogen and oxygen atoms in total. The van der Waals surface area contributed by atoms with E-state index in [1.807, 2.05) is 30.5 Å². The highest BCUT2D eigenvalue weighted by atomic mass is 16.5. The summed E-state index contributed by atoms with van der Waals surface area (Å²) in [5.74, 6) is 1.33. The van der Waals surface area contributed by atoms with Crippen LogP contribution in [0.3, 0.4) is 0 Å². The lowest BCUT2D eigenvalue weighted by molar-refractivity contribution is 0.0705. The van der Waals surface area contributed by atoms with Crippen molar-refractivity contribution in [2.24, 2.45) is 0 Å². The van der Waals surface area contributed by atoms with Crippen molar-refractivity contribution in [2.45, 2.75) is 40.0 Å². The number of methoxy groups -OCH3 is 1. The lowest BCUT2D eigenvalue weighted by Gasteiger charge is -2.22. The van der Waals surface area contributed by atoms with Crippen LogP contribution in [-0.2, 0) is 13.1 Å². The number of benzene rings is 1. The minimum atomic E-state index is -0.535. The number of ether oxygens (including phenoxy) is 2. The molecule has 0 aliphatic heterocycles. The number of pyridine rings is 1. The van der Waals surface area contributed by atoms with E-state index in [2.05, 4.69) is 48.7 Å². The molecule has 2 aromatic rings. The molecule has 1 heterocycles. The highest BCUT2D eigenvalue weighted by Crippen LogP contribution is 2.29. The summed E-state index contributed by atoms with van der Waals surface area (Å²) in [6.07, 6.45) is 1.30. The van der Waals surface area contributed by atoms with Gasteiger partial charge in [-0.05, 0) is 56.4 Å². The Kier molecular flexibility index (Phi) is 9.38. The molecule has 0 saturated heterocycles. The number of aryl methyl sites for hydroxylation is 1. The second kappa shape index (κ2) is 11.8. The first-order chi connectivity index (χ1) is 14.0. The Morgan fingerprint density at radius 2 is 1.86 bits per heavy atom. The highest BCUT2D eigenvalue weighted by Gasteiger charge is 2.13. The first kappa shape index (κ1) is 23.1. The zero-order valence-electron chi connectivity index (χ0n) is 18.4. The molecule has 1 aromatic carbocycles. The average molecular weight is 402 g/mol. The van der Waals surface area contributed by atoms with Crippen LogP contribution in [0.15, 0.2) is 36.5 Å². The molecule has 2 rings (SSSR count). The van der Waals surface area contributed by atoms with Crippen LogP contribution in [0.2, 0.25) is 0 Å². The van der Waals surface area contributed by atoms with E-state index in [0.29, 0.717) is 18.0 Å². The fraction of sp³-hybridized carbons (Fsp3) is 0.522. The molecule has 0 amide bonds. The number of hydrogen-bond acceptors (Lipinski definition) is 6. The summed E-state index contributed by atoms with van der Waals surface area (Å²) in [5.41, 5.74) is 3.42. The predicted octanol–water partition coefficient (Wildman–Crippen LogP) is 3.11. The Bertz CT molecular complexity index is 750. The number of rotatable bonds is 12. The van der Waals surface area contributed by atoms with Gasteiger partial charge in [0.05, 0.1) is 12.8 Å². The third-order valence-electron chi connectivity index (χ3n) is 5.01. The van der Waals surface area contributed by atoms with Gasteiger partial charge < -0.3 is 19.5 Å². The monoisotopic (exact) mass is 401 g/mol. The maximum absolute atomic E-state index is 10.2. The molecule has 0 aliphatic rings. The maximum atomic E-state index is 10.2. The van der Waals surface area contributed by atoms with Crippen LogP contribution < -0.4 is 9.47 Å². The number of likely N-dealkylation sites (N-methyl/N-ethyl adjacent to an activating group) is 1. The van der Waals surface area contributed by atoms with Gasteiger partial charge in [-0.2, -0.15) is 0 Å². The van der Waals surface area contributed by atoms with Crippen LogP contribution in [0.25, 0.3) is 0 Å². The van der Waals surface area contributed by atoms with Gasteiger partial charge in [0.2, 0.25) is 0 Å². The van der Waals surface area contributed by atoms with E-state index in [1.165, 1.54) is 5.56 Å². The van der Waals surface area contributed by atoms with E-state index in [4.69, 9.17) is 9.47 Å². The lowest BCUT2D eigenvalue weighted by atomic mass is 10.1. The molecule has 0 unspecified atom stereocenters. The number of aliphatic hydroxyl groups excluding tert-OH is 1.